The van der Waals surface area contributed by atoms with Crippen LogP contribution in [-0.2, 0) is 0 Å². The lowest BCUT2D eigenvalue weighted by Crippen LogP contribution is -2.25. The molecule has 4 N–H and O–H groups in total. The van der Waals surface area contributed by atoms with Gasteiger partial charge in [-0.25, -0.2) is 9.97 Å². The minimum atomic E-state index is -0.203. The number of nitrogens with two attached hydrogens (primary N) is 1. The lowest BCUT2D eigenvalue weighted by Gasteiger charge is -2.26. The average Bonchev–Trinajstić information content (AvgIpc) is 3.58. The molecule has 0 saturated heterocycles. The Bertz CT molecular complexity index is 1520. The van der Waals surface area contributed by atoms with E-state index in [2.05, 4.69) is 20.6 Å². The van der Waals surface area contributed by atoms with Crippen LogP contribution in [0.1, 0.15) is 28.9 Å². The second kappa shape index (κ2) is 9.05. The molecular formula is C25H22N6O2S2. The summed E-state index contributed by atoms with van der Waals surface area (Å²) in [6, 6.07) is 16.8. The fourth-order valence-corrected chi connectivity index (χ4v) is 5.50. The van der Waals surface area contributed by atoms with Gasteiger partial charge in [0.1, 0.15) is 11.8 Å². The van der Waals surface area contributed by atoms with Crippen LogP contribution in [0.25, 0.3) is 16.2 Å². The van der Waals surface area contributed by atoms with Crippen LogP contribution in [0, 0.1) is 0 Å². The van der Waals surface area contributed by atoms with Gasteiger partial charge < -0.3 is 21.1 Å². The number of carbonyl (C=O) groups is 1. The quantitative estimate of drug-likeness (QED) is 0.235. The summed E-state index contributed by atoms with van der Waals surface area (Å²) in [7, 11) is 0. The van der Waals surface area contributed by atoms with E-state index in [1.165, 1.54) is 29.1 Å². The molecule has 35 heavy (non-hydrogen) atoms. The molecule has 5 aromatic rings. The number of pyridine rings is 1. The van der Waals surface area contributed by atoms with E-state index >= 15 is 0 Å². The summed E-state index contributed by atoms with van der Waals surface area (Å²) in [5, 5.41) is 7.72. The van der Waals surface area contributed by atoms with Crippen molar-refractivity contribution in [2.75, 3.05) is 16.4 Å². The van der Waals surface area contributed by atoms with Gasteiger partial charge in [0.15, 0.2) is 11.0 Å². The van der Waals surface area contributed by atoms with Crippen LogP contribution in [0.2, 0.25) is 0 Å². The van der Waals surface area contributed by atoms with Crippen molar-refractivity contribution in [1.82, 2.24) is 14.4 Å². The second-order valence-electron chi connectivity index (χ2n) is 8.23. The van der Waals surface area contributed by atoms with Crippen LogP contribution in [0.5, 0.6) is 5.88 Å². The van der Waals surface area contributed by atoms with E-state index in [4.69, 9.17) is 10.5 Å². The maximum atomic E-state index is 12.6. The Hall–Kier alpha value is -3.89. The van der Waals surface area contributed by atoms with E-state index in [0.29, 0.717) is 16.3 Å². The number of para-hydroxylation sites is 2. The Kier molecular flexibility index (Phi) is 5.59. The van der Waals surface area contributed by atoms with Gasteiger partial charge in [0.05, 0.1) is 38.0 Å². The Labute approximate surface area is 209 Å². The molecule has 1 aliphatic carbocycles. The number of fused-ring (bicyclic) bond motifs is 1. The molecule has 4 heterocycles. The zero-order valence-corrected chi connectivity index (χ0v) is 20.2. The van der Waals surface area contributed by atoms with Crippen LogP contribution in [0.4, 0.5) is 21.5 Å². The molecule has 10 heteroatoms. The molecule has 8 nitrogen and oxygen atoms in total. The number of anilines is 4. The summed E-state index contributed by atoms with van der Waals surface area (Å²) in [5.74, 6) is 0.598. The van der Waals surface area contributed by atoms with Gasteiger partial charge in [0, 0.05) is 6.20 Å². The first-order valence-corrected chi connectivity index (χ1v) is 12.9. The van der Waals surface area contributed by atoms with Crippen molar-refractivity contribution < 1.29 is 9.53 Å². The molecule has 0 atom stereocenters. The highest BCUT2D eigenvalue weighted by Crippen LogP contribution is 2.35. The summed E-state index contributed by atoms with van der Waals surface area (Å²) in [5.41, 5.74) is 8.83. The van der Waals surface area contributed by atoms with Gasteiger partial charge in [0.25, 0.3) is 5.91 Å². The third-order valence-electron chi connectivity index (χ3n) is 5.86. The number of hydrogen-bond acceptors (Lipinski definition) is 8. The minimum absolute atomic E-state index is 0.203. The summed E-state index contributed by atoms with van der Waals surface area (Å²) in [4.78, 5) is 23.3. The number of thiophene rings is 1. The number of nitrogens with one attached hydrogen (secondary N) is 2. The van der Waals surface area contributed by atoms with Crippen molar-refractivity contribution >= 4 is 55.7 Å². The number of nitrogen functional groups attached to an aromatic ring is 1. The van der Waals surface area contributed by atoms with Crippen LogP contribution < -0.4 is 21.1 Å². The number of amides is 1. The number of thiazole rings is 1. The number of rotatable bonds is 7. The minimum Gasteiger partial charge on any atom is -0.475 e. The van der Waals surface area contributed by atoms with Gasteiger partial charge in [-0.05, 0) is 55.7 Å². The Morgan fingerprint density at radius 1 is 1.03 bits per heavy atom. The van der Waals surface area contributed by atoms with Crippen LogP contribution in [0.15, 0.2) is 67.0 Å². The van der Waals surface area contributed by atoms with Gasteiger partial charge in [-0.3, -0.25) is 9.20 Å². The third kappa shape index (κ3) is 4.33. The van der Waals surface area contributed by atoms with Crippen molar-refractivity contribution in [3.05, 3.63) is 71.9 Å². The lowest BCUT2D eigenvalue weighted by atomic mass is 9.96. The molecule has 1 aromatic carbocycles. The number of ether oxygens (including phenoxy) is 1. The largest absolute Gasteiger partial charge is 0.475 e. The maximum Gasteiger partial charge on any atom is 0.265 e. The van der Waals surface area contributed by atoms with Gasteiger partial charge >= 0.3 is 0 Å². The molecule has 1 fully saturated rings. The summed E-state index contributed by atoms with van der Waals surface area (Å²) >= 11 is 2.87. The zero-order valence-electron chi connectivity index (χ0n) is 18.6. The predicted molar refractivity (Wildman–Crippen MR) is 141 cm³/mol. The molecule has 4 aromatic heterocycles. The normalized spacial score (nSPS) is 13.5. The van der Waals surface area contributed by atoms with Crippen LogP contribution in [0.3, 0.4) is 0 Å². The van der Waals surface area contributed by atoms with E-state index in [1.54, 1.807) is 18.2 Å². The molecule has 176 valence electrons. The highest BCUT2D eigenvalue weighted by molar-refractivity contribution is 7.20. The Morgan fingerprint density at radius 3 is 2.74 bits per heavy atom. The summed E-state index contributed by atoms with van der Waals surface area (Å²) in [6.45, 7) is 0. The first-order valence-electron chi connectivity index (χ1n) is 11.3. The number of carbonyl (C=O) groups excluding carboxylic acids is 1. The number of nitrogens with zero attached hydrogens (tertiary/aromatic N) is 3. The molecule has 0 aliphatic heterocycles. The highest BCUT2D eigenvalue weighted by Gasteiger charge is 2.21. The summed E-state index contributed by atoms with van der Waals surface area (Å²) < 4.78 is 8.25. The van der Waals surface area contributed by atoms with Gasteiger partial charge in [-0.15, -0.1) is 11.3 Å². The molecule has 0 radical (unpaired) electrons. The number of imidazole rings is 1. The number of aromatic nitrogens is 3. The molecule has 0 unspecified atom stereocenters. The van der Waals surface area contributed by atoms with Crippen molar-refractivity contribution in [2.24, 2.45) is 0 Å². The van der Waals surface area contributed by atoms with Gasteiger partial charge in [0.2, 0.25) is 0 Å². The SMILES string of the molecule is Nc1ccccc1NC(=O)c1ccc(Nc2ncc(-c3cnc4cccc(OC5CCC5)n34)s2)s1. The first-order chi connectivity index (χ1) is 17.1. The molecular weight excluding hydrogens is 480 g/mol. The van der Waals surface area contributed by atoms with E-state index in [-0.39, 0.29) is 12.0 Å². The highest BCUT2D eigenvalue weighted by atomic mass is 32.1. The van der Waals surface area contributed by atoms with Crippen molar-refractivity contribution in [2.45, 2.75) is 25.4 Å². The van der Waals surface area contributed by atoms with Gasteiger partial charge in [-0.2, -0.15) is 0 Å². The standard InChI is InChI=1S/C25H22N6O2S2/c26-16-7-1-2-8-17(16)29-24(32)19-11-12-22(34-19)30-25-28-14-20(35-25)18-13-27-21-9-4-10-23(31(18)21)33-15-5-3-6-15/h1-2,4,7-15H,3,5-6,26H2,(H,28,30)(H,29,32). The fourth-order valence-electron chi connectivity index (χ4n) is 3.81. The number of benzene rings is 1. The van der Waals surface area contributed by atoms with Crippen molar-refractivity contribution in [3.8, 4) is 16.5 Å². The predicted octanol–water partition coefficient (Wildman–Crippen LogP) is 6.03. The number of hydrogen-bond donors (Lipinski definition) is 3. The maximum absolute atomic E-state index is 12.6. The molecule has 0 bridgehead atoms. The smallest absolute Gasteiger partial charge is 0.265 e. The Balaban J connectivity index is 1.19. The summed E-state index contributed by atoms with van der Waals surface area (Å²) in [6.07, 6.45) is 7.36. The monoisotopic (exact) mass is 502 g/mol. The molecule has 0 spiro atoms. The van der Waals surface area contributed by atoms with E-state index < -0.39 is 0 Å². The van der Waals surface area contributed by atoms with Crippen LogP contribution >= 0.6 is 22.7 Å². The Morgan fingerprint density at radius 2 is 1.91 bits per heavy atom. The van der Waals surface area contributed by atoms with E-state index in [1.807, 2.05) is 53.2 Å². The van der Waals surface area contributed by atoms with Crippen LogP contribution in [-0.4, -0.2) is 26.4 Å². The van der Waals surface area contributed by atoms with Crippen molar-refractivity contribution in [1.29, 1.82) is 0 Å². The average molecular weight is 503 g/mol. The van der Waals surface area contributed by atoms with Gasteiger partial charge in [-0.1, -0.05) is 29.5 Å². The molecule has 1 aliphatic rings. The van der Waals surface area contributed by atoms with Crippen molar-refractivity contribution in [3.63, 3.8) is 0 Å². The molecule has 6 rings (SSSR count). The van der Waals surface area contributed by atoms with E-state index in [0.717, 1.165) is 45.1 Å². The first kappa shape index (κ1) is 21.6. The topological polar surface area (TPSA) is 107 Å². The fraction of sp³-hybridized carbons (Fsp3) is 0.160. The second-order valence-corrected chi connectivity index (χ2v) is 10.3. The third-order valence-corrected chi connectivity index (χ3v) is 7.79. The van der Waals surface area contributed by atoms with E-state index in [9.17, 15) is 4.79 Å². The lowest BCUT2D eigenvalue weighted by molar-refractivity contribution is 0.103. The molecule has 1 saturated carbocycles. The zero-order chi connectivity index (χ0) is 23.8. The molecule has 1 amide bonds.